The highest BCUT2D eigenvalue weighted by Crippen LogP contribution is 2.33. The summed E-state index contributed by atoms with van der Waals surface area (Å²) in [5.74, 6) is 0.505. The minimum atomic E-state index is -4.57. The maximum absolute atomic E-state index is 12.9. The van der Waals surface area contributed by atoms with Crippen molar-refractivity contribution in [3.63, 3.8) is 0 Å². The Bertz CT molecular complexity index is 1200. The van der Waals surface area contributed by atoms with Gasteiger partial charge in [0, 0.05) is 5.69 Å². The molecule has 3 rings (SSSR count). The number of anilines is 2. The lowest BCUT2D eigenvalue weighted by molar-refractivity contribution is -0.137. The topological polar surface area (TPSA) is 111 Å². The number of carbonyl (C=O) groups excluding carboxylic acids is 1. The maximum Gasteiger partial charge on any atom is 0.416 e. The van der Waals surface area contributed by atoms with E-state index in [0.29, 0.717) is 5.75 Å². The molecule has 0 aliphatic carbocycles. The summed E-state index contributed by atoms with van der Waals surface area (Å²) in [5, 5.41) is 9.78. The lowest BCUT2D eigenvalue weighted by atomic mass is 10.2. The van der Waals surface area contributed by atoms with Gasteiger partial charge in [0.1, 0.15) is 5.75 Å². The highest BCUT2D eigenvalue weighted by atomic mass is 32.2. The highest BCUT2D eigenvalue weighted by Gasteiger charge is 2.30. The van der Waals surface area contributed by atoms with Crippen molar-refractivity contribution in [2.45, 2.75) is 11.1 Å². The third-order valence-corrected chi connectivity index (χ3v) is 4.86. The van der Waals surface area contributed by atoms with Crippen molar-refractivity contribution in [2.75, 3.05) is 10.6 Å². The van der Waals surface area contributed by atoms with Crippen LogP contribution in [0.2, 0.25) is 0 Å². The molecule has 2 amide bonds. The minimum absolute atomic E-state index is 0.0557. The van der Waals surface area contributed by atoms with Crippen LogP contribution in [0.3, 0.4) is 0 Å². The van der Waals surface area contributed by atoms with Crippen LogP contribution < -0.4 is 20.5 Å². The number of primary sulfonamides is 1. The van der Waals surface area contributed by atoms with E-state index in [4.69, 9.17) is 9.88 Å². The molecule has 11 heteroatoms. The van der Waals surface area contributed by atoms with Crippen molar-refractivity contribution in [1.82, 2.24) is 0 Å². The number of carbonyl (C=O) groups is 1. The predicted octanol–water partition coefficient (Wildman–Crippen LogP) is 4.79. The number of alkyl halides is 3. The molecule has 0 saturated carbocycles. The molecular formula is C20H16F3N3O4S. The molecule has 0 bridgehead atoms. The van der Waals surface area contributed by atoms with Gasteiger partial charge in [-0.05, 0) is 48.5 Å². The van der Waals surface area contributed by atoms with Crippen molar-refractivity contribution in [3.05, 3.63) is 78.4 Å². The second-order valence-electron chi connectivity index (χ2n) is 6.28. The van der Waals surface area contributed by atoms with E-state index in [2.05, 4.69) is 10.6 Å². The van der Waals surface area contributed by atoms with Crippen molar-refractivity contribution < 1.29 is 31.1 Å². The largest absolute Gasteiger partial charge is 0.455 e. The van der Waals surface area contributed by atoms with Crippen LogP contribution in [0.5, 0.6) is 11.5 Å². The Morgan fingerprint density at radius 1 is 0.903 bits per heavy atom. The van der Waals surface area contributed by atoms with Gasteiger partial charge in [0.25, 0.3) is 0 Å². The summed E-state index contributed by atoms with van der Waals surface area (Å²) < 4.78 is 67.6. The number of hydrogen-bond donors (Lipinski definition) is 3. The first kappa shape index (κ1) is 22.1. The zero-order chi connectivity index (χ0) is 22.6. The van der Waals surface area contributed by atoms with Crippen LogP contribution in [-0.2, 0) is 16.2 Å². The number of ether oxygens (including phenoxy) is 1. The van der Waals surface area contributed by atoms with E-state index in [1.54, 1.807) is 30.3 Å². The molecule has 0 unspecified atom stereocenters. The molecule has 0 aromatic heterocycles. The molecule has 0 saturated heterocycles. The highest BCUT2D eigenvalue weighted by molar-refractivity contribution is 7.89. The van der Waals surface area contributed by atoms with Gasteiger partial charge in [-0.2, -0.15) is 13.2 Å². The Morgan fingerprint density at radius 3 is 2.26 bits per heavy atom. The summed E-state index contributed by atoms with van der Waals surface area (Å²) in [7, 11) is -4.08. The zero-order valence-corrected chi connectivity index (χ0v) is 16.5. The number of rotatable bonds is 5. The van der Waals surface area contributed by atoms with Crippen molar-refractivity contribution in [2.24, 2.45) is 5.14 Å². The number of halogens is 3. The van der Waals surface area contributed by atoms with Crippen LogP contribution in [-0.4, -0.2) is 14.4 Å². The number of hydrogen-bond acceptors (Lipinski definition) is 4. The molecule has 0 aliphatic rings. The Labute approximate surface area is 175 Å². The summed E-state index contributed by atoms with van der Waals surface area (Å²) in [5.41, 5.74) is -1.10. The molecule has 31 heavy (non-hydrogen) atoms. The predicted molar refractivity (Wildman–Crippen MR) is 108 cm³/mol. The molecule has 4 N–H and O–H groups in total. The van der Waals surface area contributed by atoms with Crippen LogP contribution in [0.1, 0.15) is 5.56 Å². The molecule has 0 spiro atoms. The summed E-state index contributed by atoms with van der Waals surface area (Å²) in [6, 6.07) is 15.2. The fraction of sp³-hybridized carbons (Fsp3) is 0.0500. The van der Waals surface area contributed by atoms with Gasteiger partial charge in [0.15, 0.2) is 5.75 Å². The molecule has 0 aliphatic heterocycles. The second-order valence-corrected chi connectivity index (χ2v) is 7.84. The van der Waals surface area contributed by atoms with Crippen molar-refractivity contribution in [3.8, 4) is 11.5 Å². The number of sulfonamides is 1. The first-order valence-electron chi connectivity index (χ1n) is 8.67. The third-order valence-electron chi connectivity index (χ3n) is 3.95. The van der Waals surface area contributed by atoms with Gasteiger partial charge < -0.3 is 15.4 Å². The van der Waals surface area contributed by atoms with Gasteiger partial charge in [-0.25, -0.2) is 18.4 Å². The maximum atomic E-state index is 12.9. The van der Waals surface area contributed by atoms with Crippen LogP contribution in [0, 0.1) is 0 Å². The Kier molecular flexibility index (Phi) is 6.18. The van der Waals surface area contributed by atoms with E-state index < -0.39 is 27.8 Å². The number of para-hydroxylation sites is 1. The standard InChI is InChI=1S/C20H16F3N3O4S/c21-20(22,23)13-5-4-6-14(11-13)25-19(27)26-17-12-16(31(24,28)29)9-10-18(17)30-15-7-2-1-3-8-15/h1-12H,(H2,24,28,29)(H2,25,26,27). The van der Waals surface area contributed by atoms with Gasteiger partial charge in [0.2, 0.25) is 10.0 Å². The molecule has 0 atom stereocenters. The summed E-state index contributed by atoms with van der Waals surface area (Å²) >= 11 is 0. The van der Waals surface area contributed by atoms with E-state index in [9.17, 15) is 26.4 Å². The normalized spacial score (nSPS) is 11.6. The fourth-order valence-corrected chi connectivity index (χ4v) is 3.09. The number of benzene rings is 3. The lowest BCUT2D eigenvalue weighted by Gasteiger charge is -2.15. The van der Waals surface area contributed by atoms with E-state index >= 15 is 0 Å². The van der Waals surface area contributed by atoms with Gasteiger partial charge >= 0.3 is 12.2 Å². The molecule has 0 heterocycles. The molecule has 0 radical (unpaired) electrons. The van der Waals surface area contributed by atoms with E-state index in [0.717, 1.165) is 24.3 Å². The number of amides is 2. The second kappa shape index (κ2) is 8.66. The Balaban J connectivity index is 1.87. The number of urea groups is 1. The van der Waals surface area contributed by atoms with Crippen LogP contribution in [0.25, 0.3) is 0 Å². The Hall–Kier alpha value is -3.57. The van der Waals surface area contributed by atoms with Gasteiger partial charge in [-0.15, -0.1) is 0 Å². The molecule has 7 nitrogen and oxygen atoms in total. The summed E-state index contributed by atoms with van der Waals surface area (Å²) in [6.45, 7) is 0. The minimum Gasteiger partial charge on any atom is -0.455 e. The molecule has 3 aromatic carbocycles. The molecular weight excluding hydrogens is 435 g/mol. The molecule has 162 valence electrons. The summed E-state index contributed by atoms with van der Waals surface area (Å²) in [4.78, 5) is 12.1. The first-order valence-corrected chi connectivity index (χ1v) is 10.2. The molecule has 0 fully saturated rings. The fourth-order valence-electron chi connectivity index (χ4n) is 2.55. The van der Waals surface area contributed by atoms with Gasteiger partial charge in [-0.3, -0.25) is 0 Å². The average molecular weight is 451 g/mol. The van der Waals surface area contributed by atoms with E-state index in [1.165, 1.54) is 18.2 Å². The quantitative estimate of drug-likeness (QED) is 0.518. The first-order chi connectivity index (χ1) is 14.5. The zero-order valence-electron chi connectivity index (χ0n) is 15.7. The van der Waals surface area contributed by atoms with Crippen LogP contribution >= 0.6 is 0 Å². The lowest BCUT2D eigenvalue weighted by Crippen LogP contribution is -2.21. The van der Waals surface area contributed by atoms with E-state index in [-0.39, 0.29) is 22.0 Å². The average Bonchev–Trinajstić information content (AvgIpc) is 2.69. The smallest absolute Gasteiger partial charge is 0.416 e. The van der Waals surface area contributed by atoms with Crippen LogP contribution in [0.4, 0.5) is 29.3 Å². The summed E-state index contributed by atoms with van der Waals surface area (Å²) in [6.07, 6.45) is -4.57. The third kappa shape index (κ3) is 5.96. The monoisotopic (exact) mass is 451 g/mol. The number of nitrogens with two attached hydrogens (primary N) is 1. The van der Waals surface area contributed by atoms with E-state index in [1.807, 2.05) is 0 Å². The molecule has 3 aromatic rings. The Morgan fingerprint density at radius 2 is 1.61 bits per heavy atom. The van der Waals surface area contributed by atoms with Gasteiger partial charge in [0.05, 0.1) is 16.1 Å². The number of nitrogens with one attached hydrogen (secondary N) is 2. The van der Waals surface area contributed by atoms with Crippen molar-refractivity contribution in [1.29, 1.82) is 0 Å². The SMILES string of the molecule is NS(=O)(=O)c1ccc(Oc2ccccc2)c(NC(=O)Nc2cccc(C(F)(F)F)c2)c1. The van der Waals surface area contributed by atoms with Gasteiger partial charge in [-0.1, -0.05) is 24.3 Å². The van der Waals surface area contributed by atoms with Crippen molar-refractivity contribution >= 4 is 27.4 Å². The van der Waals surface area contributed by atoms with Crippen LogP contribution in [0.15, 0.2) is 77.7 Å².